The van der Waals surface area contributed by atoms with Gasteiger partial charge in [0.25, 0.3) is 0 Å². The molecule has 0 radical (unpaired) electrons. The van der Waals surface area contributed by atoms with Crippen LogP contribution in [0.2, 0.25) is 5.28 Å². The fourth-order valence-corrected chi connectivity index (χ4v) is 4.58. The minimum Gasteiger partial charge on any atom is -0.508 e. The molecule has 1 unspecified atom stereocenters. The molecule has 0 amide bonds. The number of methoxy groups -OCH3 is 1. The molecule has 174 valence electrons. The van der Waals surface area contributed by atoms with E-state index in [1.807, 2.05) is 0 Å². The lowest BCUT2D eigenvalue weighted by molar-refractivity contribution is 0.0224. The summed E-state index contributed by atoms with van der Waals surface area (Å²) >= 11 is 5.97. The zero-order valence-corrected chi connectivity index (χ0v) is 18.7. The summed E-state index contributed by atoms with van der Waals surface area (Å²) < 4.78 is 17.3. The number of nitrogens with one attached hydrogen (secondary N) is 1. The van der Waals surface area contributed by atoms with Gasteiger partial charge in [-0.2, -0.15) is 15.0 Å². The Labute approximate surface area is 202 Å². The van der Waals surface area contributed by atoms with Crippen molar-refractivity contribution in [3.8, 4) is 29.0 Å². The van der Waals surface area contributed by atoms with E-state index < -0.39 is 11.6 Å². The van der Waals surface area contributed by atoms with Gasteiger partial charge in [-0.05, 0) is 41.9 Å². The average molecular weight is 491 g/mol. The molecule has 1 spiro atoms. The van der Waals surface area contributed by atoms with E-state index in [1.54, 1.807) is 36.4 Å². The van der Waals surface area contributed by atoms with E-state index in [4.69, 9.17) is 25.8 Å². The Hall–Kier alpha value is -4.57. The first-order valence-corrected chi connectivity index (χ1v) is 10.7. The molecule has 1 aromatic heterocycles. The Morgan fingerprint density at radius 1 is 1.00 bits per heavy atom. The minimum absolute atomic E-state index is 0.0197. The van der Waals surface area contributed by atoms with Crippen molar-refractivity contribution in [2.45, 2.75) is 5.60 Å². The van der Waals surface area contributed by atoms with Gasteiger partial charge in [-0.1, -0.05) is 18.2 Å². The van der Waals surface area contributed by atoms with Crippen molar-refractivity contribution < 1.29 is 29.2 Å². The van der Waals surface area contributed by atoms with Crippen molar-refractivity contribution in [2.75, 3.05) is 12.4 Å². The van der Waals surface area contributed by atoms with Crippen molar-refractivity contribution in [3.05, 3.63) is 82.1 Å². The van der Waals surface area contributed by atoms with Crippen LogP contribution < -0.4 is 14.8 Å². The van der Waals surface area contributed by atoms with Gasteiger partial charge in [0.2, 0.25) is 11.2 Å². The summed E-state index contributed by atoms with van der Waals surface area (Å²) in [5.74, 6) is -0.401. The number of anilines is 2. The van der Waals surface area contributed by atoms with Gasteiger partial charge in [-0.25, -0.2) is 4.79 Å². The van der Waals surface area contributed by atoms with Crippen LogP contribution in [-0.4, -0.2) is 38.2 Å². The summed E-state index contributed by atoms with van der Waals surface area (Å²) in [7, 11) is 1.37. The number of carbonyl (C=O) groups is 1. The van der Waals surface area contributed by atoms with E-state index in [0.29, 0.717) is 22.3 Å². The predicted molar refractivity (Wildman–Crippen MR) is 123 cm³/mol. The molecule has 3 heterocycles. The number of esters is 1. The maximum Gasteiger partial charge on any atom is 0.340 e. The van der Waals surface area contributed by atoms with E-state index in [0.717, 1.165) is 0 Å². The highest BCUT2D eigenvalue weighted by Crippen LogP contribution is 2.59. The van der Waals surface area contributed by atoms with Gasteiger partial charge in [-0.15, -0.1) is 0 Å². The zero-order valence-electron chi connectivity index (χ0n) is 17.9. The lowest BCUT2D eigenvalue weighted by Gasteiger charge is -2.37. The van der Waals surface area contributed by atoms with Gasteiger partial charge < -0.3 is 29.7 Å². The highest BCUT2D eigenvalue weighted by atomic mass is 35.5. The number of hydrogen-bond acceptors (Lipinski definition) is 10. The van der Waals surface area contributed by atoms with Crippen LogP contribution in [0.15, 0.2) is 54.6 Å². The number of ether oxygens (including phenoxy) is 3. The summed E-state index contributed by atoms with van der Waals surface area (Å²) in [4.78, 5) is 24.9. The molecule has 2 aliphatic rings. The largest absolute Gasteiger partial charge is 0.508 e. The van der Waals surface area contributed by atoms with Gasteiger partial charge in [0.05, 0.1) is 18.2 Å². The van der Waals surface area contributed by atoms with Crippen molar-refractivity contribution in [3.63, 3.8) is 0 Å². The fourth-order valence-electron chi connectivity index (χ4n) is 4.43. The summed E-state index contributed by atoms with van der Waals surface area (Å²) in [5, 5.41) is 23.7. The number of benzene rings is 3. The lowest BCUT2D eigenvalue weighted by Crippen LogP contribution is -2.33. The van der Waals surface area contributed by atoms with E-state index in [2.05, 4.69) is 20.3 Å². The molecule has 0 bridgehead atoms. The number of aromatic hydroxyl groups is 2. The third-order valence-corrected chi connectivity index (χ3v) is 6.02. The standard InChI is InChI=1S/C24H15ClN4O6/c1-33-23-28-21(25)27-22(29-23)26-18-16(31)9-8-15-19(18)34-17-10-11(30)6-7-14(17)24(15)13-5-3-2-4-12(13)20(32)35-24/h2-10,30-31H,1H3,(H,26,27,28,29). The van der Waals surface area contributed by atoms with Crippen LogP contribution in [0.1, 0.15) is 27.0 Å². The molecule has 4 aromatic rings. The maximum absolute atomic E-state index is 12.9. The molecule has 10 nitrogen and oxygen atoms in total. The number of aromatic nitrogens is 3. The monoisotopic (exact) mass is 490 g/mol. The molecule has 0 aliphatic carbocycles. The molecule has 3 N–H and O–H groups in total. The number of nitrogens with zero attached hydrogens (tertiary/aromatic N) is 3. The summed E-state index contributed by atoms with van der Waals surface area (Å²) in [6.07, 6.45) is 0. The first kappa shape index (κ1) is 21.0. The van der Waals surface area contributed by atoms with Gasteiger partial charge >= 0.3 is 12.0 Å². The summed E-state index contributed by atoms with van der Waals surface area (Å²) in [6.45, 7) is 0. The average Bonchev–Trinajstić information content (AvgIpc) is 3.13. The van der Waals surface area contributed by atoms with Crippen LogP contribution in [0, 0.1) is 0 Å². The van der Waals surface area contributed by atoms with E-state index in [1.165, 1.54) is 25.3 Å². The SMILES string of the molecule is COc1nc(Cl)nc(Nc2c(O)ccc3c2Oc2cc(O)ccc2C32OC(=O)c3ccccc32)n1. The van der Waals surface area contributed by atoms with Gasteiger partial charge in [-0.3, -0.25) is 0 Å². The van der Waals surface area contributed by atoms with Gasteiger partial charge in [0, 0.05) is 17.2 Å². The zero-order chi connectivity index (χ0) is 24.3. The van der Waals surface area contributed by atoms with Gasteiger partial charge in [0.1, 0.15) is 22.9 Å². The molecule has 0 fully saturated rings. The number of halogens is 1. The van der Waals surface area contributed by atoms with Crippen molar-refractivity contribution in [1.82, 2.24) is 15.0 Å². The van der Waals surface area contributed by atoms with E-state index in [9.17, 15) is 15.0 Å². The Balaban J connectivity index is 1.61. The molecule has 35 heavy (non-hydrogen) atoms. The van der Waals surface area contributed by atoms with Crippen LogP contribution in [0.25, 0.3) is 0 Å². The van der Waals surface area contributed by atoms with Crippen LogP contribution in [0.4, 0.5) is 11.6 Å². The number of hydrogen-bond donors (Lipinski definition) is 3. The number of phenolic OH excluding ortho intramolecular Hbond substituents is 2. The topological polar surface area (TPSA) is 136 Å². The number of phenols is 2. The molecule has 11 heteroatoms. The van der Waals surface area contributed by atoms with Crippen LogP contribution in [-0.2, 0) is 10.3 Å². The van der Waals surface area contributed by atoms with Crippen molar-refractivity contribution in [2.24, 2.45) is 0 Å². The summed E-state index contributed by atoms with van der Waals surface area (Å²) in [6, 6.07) is 14.6. The molecule has 0 saturated heterocycles. The van der Waals surface area contributed by atoms with Crippen LogP contribution in [0.3, 0.4) is 0 Å². The minimum atomic E-state index is -1.39. The number of fused-ring (bicyclic) bond motifs is 6. The quantitative estimate of drug-likeness (QED) is 0.282. The Kier molecular flexibility index (Phi) is 4.48. The highest BCUT2D eigenvalue weighted by molar-refractivity contribution is 6.28. The molecule has 3 aromatic carbocycles. The highest BCUT2D eigenvalue weighted by Gasteiger charge is 2.54. The predicted octanol–water partition coefficient (Wildman–Crippen LogP) is 4.26. The van der Waals surface area contributed by atoms with Crippen LogP contribution in [0.5, 0.6) is 29.0 Å². The normalized spacial score (nSPS) is 17.1. The Morgan fingerprint density at radius 3 is 2.63 bits per heavy atom. The van der Waals surface area contributed by atoms with E-state index >= 15 is 0 Å². The van der Waals surface area contributed by atoms with Crippen molar-refractivity contribution >= 4 is 29.2 Å². The van der Waals surface area contributed by atoms with Crippen LogP contribution >= 0.6 is 11.6 Å². The fraction of sp³-hybridized carbons (Fsp3) is 0.0833. The molecule has 2 aliphatic heterocycles. The molecule has 6 rings (SSSR count). The van der Waals surface area contributed by atoms with Gasteiger partial charge in [0.15, 0.2) is 11.4 Å². The molecular weight excluding hydrogens is 476 g/mol. The molecule has 0 saturated carbocycles. The summed E-state index contributed by atoms with van der Waals surface area (Å²) in [5.41, 5.74) is 0.659. The first-order chi connectivity index (χ1) is 16.9. The van der Waals surface area contributed by atoms with Crippen molar-refractivity contribution in [1.29, 1.82) is 0 Å². The number of carbonyl (C=O) groups excluding carboxylic acids is 1. The third-order valence-electron chi connectivity index (χ3n) is 5.85. The molecular formula is C24H15ClN4O6. The Bertz CT molecular complexity index is 1540. The smallest absolute Gasteiger partial charge is 0.340 e. The number of rotatable bonds is 3. The lowest BCUT2D eigenvalue weighted by atomic mass is 9.77. The second-order valence-electron chi connectivity index (χ2n) is 7.77. The van der Waals surface area contributed by atoms with E-state index in [-0.39, 0.29) is 45.9 Å². The third kappa shape index (κ3) is 3.03. The second-order valence-corrected chi connectivity index (χ2v) is 8.11. The first-order valence-electron chi connectivity index (χ1n) is 10.3. The second kappa shape index (κ2) is 7.47. The Morgan fingerprint density at radius 2 is 1.80 bits per heavy atom. The molecule has 1 atom stereocenters. The maximum atomic E-state index is 12.9.